The van der Waals surface area contributed by atoms with E-state index in [0.29, 0.717) is 6.61 Å². The monoisotopic (exact) mass is 589 g/mol. The zero-order chi connectivity index (χ0) is 30.6. The van der Waals surface area contributed by atoms with Gasteiger partial charge in [-0.1, -0.05) is 74.5 Å². The summed E-state index contributed by atoms with van der Waals surface area (Å²) in [5.74, 6) is -1.71. The molecule has 4 atom stereocenters. The van der Waals surface area contributed by atoms with E-state index in [1.54, 1.807) is 13.8 Å². The second kappa shape index (κ2) is 12.9. The number of rotatable bonds is 11. The fourth-order valence-corrected chi connectivity index (χ4v) is 4.93. The summed E-state index contributed by atoms with van der Waals surface area (Å²) in [6, 6.07) is 19.4. The molecule has 0 spiro atoms. The maximum Gasteiger partial charge on any atom is 0.303 e. The highest BCUT2D eigenvalue weighted by atomic mass is 16.6. The third-order valence-electron chi connectivity index (χ3n) is 7.08. The van der Waals surface area contributed by atoms with Gasteiger partial charge in [-0.2, -0.15) is 9.97 Å². The first-order chi connectivity index (χ1) is 20.6. The van der Waals surface area contributed by atoms with Crippen molar-refractivity contribution in [1.29, 1.82) is 0 Å². The molecule has 0 bridgehead atoms. The van der Waals surface area contributed by atoms with Gasteiger partial charge in [-0.25, -0.2) is 4.98 Å². The average molecular weight is 590 g/mol. The molecule has 2 aromatic heterocycles. The van der Waals surface area contributed by atoms with Gasteiger partial charge in [0.05, 0.1) is 26.1 Å². The smallest absolute Gasteiger partial charge is 0.303 e. The van der Waals surface area contributed by atoms with Gasteiger partial charge in [-0.15, -0.1) is 0 Å². The fraction of sp³-hybridized carbons (Fsp3) is 0.387. The van der Waals surface area contributed by atoms with Gasteiger partial charge in [0.2, 0.25) is 17.7 Å². The number of amides is 1. The fourth-order valence-electron chi connectivity index (χ4n) is 4.93. The van der Waals surface area contributed by atoms with Crippen LogP contribution >= 0.6 is 0 Å². The summed E-state index contributed by atoms with van der Waals surface area (Å²) in [5.41, 5.74) is 1.08. The Morgan fingerprint density at radius 3 is 2.33 bits per heavy atom. The van der Waals surface area contributed by atoms with E-state index in [1.165, 1.54) is 17.8 Å². The molecular formula is C31H35N5O7. The topological polar surface area (TPSA) is 147 Å². The summed E-state index contributed by atoms with van der Waals surface area (Å²) in [4.78, 5) is 37.4. The standard InChI is InChI=1S/C31H35N5O7/c1-19(2)27(38)34-30-33-26-23(28(39)35-30)32-18-36(26)29-24(42-20(3)37)25(41-16-22-13-9-6-10-14-22)31(4,43-29)17-40-15-21-11-7-5-8-12-21/h5-14,18-19,24-25,29H,15-17H2,1-4H3,(H2,33,34,35,38,39). The SMILES string of the molecule is CC(=O)OC1C(n2cnc3c(O)nc(NC(=O)C(C)C)nc32)OC(C)(COCc2ccccc2)C1OCc1ccccc1. The Labute approximate surface area is 249 Å². The molecule has 4 aromatic rings. The first kappa shape index (κ1) is 30.1. The van der Waals surface area contributed by atoms with Crippen molar-refractivity contribution < 1.29 is 33.6 Å². The van der Waals surface area contributed by atoms with Crippen molar-refractivity contribution in [2.24, 2.45) is 5.92 Å². The normalized spacial score (nSPS) is 21.7. The van der Waals surface area contributed by atoms with E-state index in [2.05, 4.69) is 20.3 Å². The van der Waals surface area contributed by atoms with Crippen LogP contribution in [0.3, 0.4) is 0 Å². The number of ether oxygens (including phenoxy) is 4. The lowest BCUT2D eigenvalue weighted by Crippen LogP contribution is -2.47. The molecule has 4 unspecified atom stereocenters. The Morgan fingerprint density at radius 2 is 1.70 bits per heavy atom. The number of nitrogens with zero attached hydrogens (tertiary/aromatic N) is 4. The Morgan fingerprint density at radius 1 is 1.05 bits per heavy atom. The van der Waals surface area contributed by atoms with Crippen LogP contribution in [0.5, 0.6) is 5.88 Å². The summed E-state index contributed by atoms with van der Waals surface area (Å²) in [6.45, 7) is 7.28. The van der Waals surface area contributed by atoms with Crippen LogP contribution in [0.4, 0.5) is 5.95 Å². The lowest BCUT2D eigenvalue weighted by atomic mass is 9.97. The van der Waals surface area contributed by atoms with Crippen molar-refractivity contribution >= 4 is 29.0 Å². The van der Waals surface area contributed by atoms with Crippen molar-refractivity contribution in [1.82, 2.24) is 19.5 Å². The van der Waals surface area contributed by atoms with Crippen molar-refractivity contribution in [3.8, 4) is 5.88 Å². The molecule has 43 heavy (non-hydrogen) atoms. The highest BCUT2D eigenvalue weighted by Crippen LogP contribution is 2.43. The molecular weight excluding hydrogens is 554 g/mol. The number of nitrogens with one attached hydrogen (secondary N) is 1. The van der Waals surface area contributed by atoms with Crippen LogP contribution in [-0.4, -0.2) is 60.9 Å². The highest BCUT2D eigenvalue weighted by Gasteiger charge is 2.56. The predicted octanol–water partition coefficient (Wildman–Crippen LogP) is 4.15. The number of hydrogen-bond acceptors (Lipinski definition) is 10. The van der Waals surface area contributed by atoms with Gasteiger partial charge in [-0.3, -0.25) is 19.5 Å². The summed E-state index contributed by atoms with van der Waals surface area (Å²) in [5, 5.41) is 13.2. The van der Waals surface area contributed by atoms with E-state index in [1.807, 2.05) is 67.6 Å². The van der Waals surface area contributed by atoms with Gasteiger partial charge in [-0.05, 0) is 18.1 Å². The second-order valence-electron chi connectivity index (χ2n) is 10.9. The van der Waals surface area contributed by atoms with E-state index in [4.69, 9.17) is 18.9 Å². The minimum Gasteiger partial charge on any atom is -0.492 e. The van der Waals surface area contributed by atoms with E-state index in [0.717, 1.165) is 11.1 Å². The van der Waals surface area contributed by atoms with Crippen LogP contribution in [0.15, 0.2) is 67.0 Å². The van der Waals surface area contributed by atoms with Crippen molar-refractivity contribution in [3.63, 3.8) is 0 Å². The van der Waals surface area contributed by atoms with Gasteiger partial charge < -0.3 is 24.1 Å². The van der Waals surface area contributed by atoms with Crippen LogP contribution in [0.25, 0.3) is 11.2 Å². The van der Waals surface area contributed by atoms with Crippen LogP contribution in [0.2, 0.25) is 0 Å². The quantitative estimate of drug-likeness (QED) is 0.245. The molecule has 0 aliphatic carbocycles. The Hall–Kier alpha value is -4.39. The van der Waals surface area contributed by atoms with Gasteiger partial charge in [0.1, 0.15) is 11.7 Å². The summed E-state index contributed by atoms with van der Waals surface area (Å²) >= 11 is 0. The minimum atomic E-state index is -1.09. The van der Waals surface area contributed by atoms with E-state index < -0.39 is 35.9 Å². The van der Waals surface area contributed by atoms with Crippen molar-refractivity contribution in [3.05, 3.63) is 78.1 Å². The largest absolute Gasteiger partial charge is 0.492 e. The van der Waals surface area contributed by atoms with Crippen LogP contribution in [-0.2, 0) is 41.8 Å². The number of esters is 1. The van der Waals surface area contributed by atoms with Crippen LogP contribution in [0.1, 0.15) is 45.0 Å². The Balaban J connectivity index is 1.50. The molecule has 5 rings (SSSR count). The molecule has 12 heteroatoms. The number of anilines is 1. The predicted molar refractivity (Wildman–Crippen MR) is 156 cm³/mol. The summed E-state index contributed by atoms with van der Waals surface area (Å²) < 4.78 is 26.6. The third kappa shape index (κ3) is 6.82. The summed E-state index contributed by atoms with van der Waals surface area (Å²) in [6.07, 6.45) is -1.28. The maximum absolute atomic E-state index is 12.4. The number of carbonyl (C=O) groups is 2. The molecule has 2 aromatic carbocycles. The zero-order valence-corrected chi connectivity index (χ0v) is 24.5. The van der Waals surface area contributed by atoms with E-state index >= 15 is 0 Å². The molecule has 226 valence electrons. The highest BCUT2D eigenvalue weighted by molar-refractivity contribution is 5.91. The molecule has 1 amide bonds. The molecule has 1 saturated heterocycles. The molecule has 3 heterocycles. The lowest BCUT2D eigenvalue weighted by molar-refractivity contribution is -0.158. The van der Waals surface area contributed by atoms with Crippen molar-refractivity contribution in [2.45, 2.75) is 64.9 Å². The summed E-state index contributed by atoms with van der Waals surface area (Å²) in [7, 11) is 0. The minimum absolute atomic E-state index is 0.0865. The number of aromatic hydroxyl groups is 1. The first-order valence-electron chi connectivity index (χ1n) is 14.0. The van der Waals surface area contributed by atoms with Gasteiger partial charge >= 0.3 is 5.97 Å². The molecule has 0 radical (unpaired) electrons. The molecule has 1 aliphatic rings. The Bertz CT molecular complexity index is 1560. The molecule has 2 N–H and O–H groups in total. The molecule has 12 nitrogen and oxygen atoms in total. The zero-order valence-electron chi connectivity index (χ0n) is 24.5. The number of benzene rings is 2. The second-order valence-corrected chi connectivity index (χ2v) is 10.9. The van der Waals surface area contributed by atoms with E-state index in [-0.39, 0.29) is 42.2 Å². The molecule has 1 aliphatic heterocycles. The number of imidazole rings is 1. The number of aromatic nitrogens is 4. The third-order valence-corrected chi connectivity index (χ3v) is 7.08. The number of hydrogen-bond donors (Lipinski definition) is 2. The average Bonchev–Trinajstić information content (AvgIpc) is 3.51. The van der Waals surface area contributed by atoms with Gasteiger partial charge in [0.25, 0.3) is 0 Å². The van der Waals surface area contributed by atoms with Crippen molar-refractivity contribution in [2.75, 3.05) is 11.9 Å². The van der Waals surface area contributed by atoms with Crippen LogP contribution in [0, 0.1) is 5.92 Å². The molecule has 1 fully saturated rings. The number of carbonyl (C=O) groups excluding carboxylic acids is 2. The van der Waals surface area contributed by atoms with E-state index in [9.17, 15) is 14.7 Å². The first-order valence-corrected chi connectivity index (χ1v) is 14.0. The molecule has 0 saturated carbocycles. The Kier molecular flexibility index (Phi) is 9.00. The van der Waals surface area contributed by atoms with Crippen LogP contribution < -0.4 is 5.32 Å². The maximum atomic E-state index is 12.4. The van der Waals surface area contributed by atoms with Gasteiger partial charge in [0, 0.05) is 12.8 Å². The lowest BCUT2D eigenvalue weighted by Gasteiger charge is -2.31. The van der Waals surface area contributed by atoms with Gasteiger partial charge in [0.15, 0.2) is 23.5 Å². The number of fused-ring (bicyclic) bond motifs is 1.